The van der Waals surface area contributed by atoms with E-state index < -0.39 is 15.6 Å². The number of hydrogen-bond donors (Lipinski definition) is 1. The third-order valence-corrected chi connectivity index (χ3v) is 4.19. The lowest BCUT2D eigenvalue weighted by Gasteiger charge is -2.06. The van der Waals surface area contributed by atoms with Gasteiger partial charge in [0.25, 0.3) is 11.8 Å². The van der Waals surface area contributed by atoms with E-state index in [9.17, 15) is 13.8 Å². The Morgan fingerprint density at radius 2 is 1.83 bits per heavy atom. The van der Waals surface area contributed by atoms with Crippen molar-refractivity contribution in [1.29, 1.82) is 0 Å². The zero-order chi connectivity index (χ0) is 17.3. The molecule has 0 saturated heterocycles. The van der Waals surface area contributed by atoms with Crippen LogP contribution in [0.1, 0.15) is 45.2 Å². The van der Waals surface area contributed by atoms with Crippen molar-refractivity contribution in [1.82, 2.24) is 0 Å². The molecule has 6 nitrogen and oxygen atoms in total. The number of nitrogens with zero attached hydrogens (tertiary/aromatic N) is 1. The molecule has 1 saturated carbocycles. The van der Waals surface area contributed by atoms with Crippen molar-refractivity contribution >= 4 is 27.2 Å². The van der Waals surface area contributed by atoms with Crippen molar-refractivity contribution in [3.8, 4) is 0 Å². The lowest BCUT2D eigenvalue weighted by molar-refractivity contribution is 0.100. The molecular formula is C17H18N2O4S. The fourth-order valence-electron chi connectivity index (χ4n) is 2.32. The molecule has 0 radical (unpaired) electrons. The van der Waals surface area contributed by atoms with Gasteiger partial charge in [-0.1, -0.05) is 0 Å². The number of amides is 2. The van der Waals surface area contributed by atoms with E-state index in [0.717, 1.165) is 18.6 Å². The third kappa shape index (κ3) is 3.91. The Morgan fingerprint density at radius 3 is 2.42 bits per heavy atom. The van der Waals surface area contributed by atoms with E-state index in [1.54, 1.807) is 30.3 Å². The van der Waals surface area contributed by atoms with Crippen LogP contribution in [0.5, 0.6) is 0 Å². The predicted molar refractivity (Wildman–Crippen MR) is 91.8 cm³/mol. The van der Waals surface area contributed by atoms with Gasteiger partial charge in [0.1, 0.15) is 5.76 Å². The van der Waals surface area contributed by atoms with Crippen molar-refractivity contribution in [3.05, 3.63) is 53.5 Å². The molecule has 1 heterocycles. The number of benzene rings is 1. The average molecular weight is 346 g/mol. The fourth-order valence-corrected chi connectivity index (χ4v) is 2.82. The Labute approximate surface area is 140 Å². The van der Waals surface area contributed by atoms with Crippen LogP contribution in [0.15, 0.2) is 45.4 Å². The second-order valence-electron chi connectivity index (χ2n) is 6.08. The standard InChI is InChI=1S/C17H18N2O4S/c1-24(2,22)19-16(20)12-5-7-13(8-6-12)18-17(21)14-9-10-23-15(14)11-3-4-11/h5-11H,3-4H2,1-2H3,(H,18,21). The summed E-state index contributed by atoms with van der Waals surface area (Å²) in [4.78, 5) is 24.2. The van der Waals surface area contributed by atoms with E-state index >= 15 is 0 Å². The van der Waals surface area contributed by atoms with Crippen LogP contribution in [-0.4, -0.2) is 28.5 Å². The van der Waals surface area contributed by atoms with Crippen LogP contribution in [0.2, 0.25) is 0 Å². The highest BCUT2D eigenvalue weighted by atomic mass is 32.2. The van der Waals surface area contributed by atoms with Gasteiger partial charge in [-0.25, -0.2) is 4.21 Å². The van der Waals surface area contributed by atoms with Crippen LogP contribution in [0.3, 0.4) is 0 Å². The number of anilines is 1. The summed E-state index contributed by atoms with van der Waals surface area (Å²) in [6.45, 7) is 0. The second-order valence-corrected chi connectivity index (χ2v) is 8.63. The van der Waals surface area contributed by atoms with Gasteiger partial charge in [-0.15, -0.1) is 0 Å². The molecule has 1 N–H and O–H groups in total. The molecule has 0 spiro atoms. The van der Waals surface area contributed by atoms with Crippen LogP contribution in [-0.2, 0) is 9.73 Å². The Bertz CT molecular complexity index is 893. The number of hydrogen-bond acceptors (Lipinski definition) is 4. The maximum absolute atomic E-state index is 12.3. The van der Waals surface area contributed by atoms with Gasteiger partial charge in [0, 0.05) is 39.4 Å². The number of nitrogens with one attached hydrogen (secondary N) is 1. The number of furan rings is 1. The van der Waals surface area contributed by atoms with Crippen molar-refractivity contribution in [2.45, 2.75) is 18.8 Å². The topological polar surface area (TPSA) is 88.7 Å². The van der Waals surface area contributed by atoms with Gasteiger partial charge in [0.2, 0.25) is 0 Å². The summed E-state index contributed by atoms with van der Waals surface area (Å²) in [6, 6.07) is 7.99. The molecule has 0 unspecified atom stereocenters. The van der Waals surface area contributed by atoms with Crippen molar-refractivity contribution in [3.63, 3.8) is 0 Å². The summed E-state index contributed by atoms with van der Waals surface area (Å²) in [5.41, 5.74) is 1.43. The van der Waals surface area contributed by atoms with Crippen LogP contribution in [0.4, 0.5) is 5.69 Å². The van der Waals surface area contributed by atoms with Gasteiger partial charge in [-0.2, -0.15) is 4.36 Å². The van der Waals surface area contributed by atoms with E-state index in [0.29, 0.717) is 22.7 Å². The molecular weight excluding hydrogens is 328 g/mol. The molecule has 0 bridgehead atoms. The van der Waals surface area contributed by atoms with Gasteiger partial charge in [0.15, 0.2) is 0 Å². The van der Waals surface area contributed by atoms with E-state index in [1.807, 2.05) is 0 Å². The van der Waals surface area contributed by atoms with Crippen molar-refractivity contribution in [2.75, 3.05) is 17.8 Å². The summed E-state index contributed by atoms with van der Waals surface area (Å²) < 4.78 is 20.6. The molecule has 1 aromatic carbocycles. The normalized spacial score (nSPS) is 14.2. The molecule has 7 heteroatoms. The summed E-state index contributed by atoms with van der Waals surface area (Å²) >= 11 is 0. The molecule has 1 aliphatic carbocycles. The summed E-state index contributed by atoms with van der Waals surface area (Å²) in [5, 5.41) is 2.78. The number of rotatable bonds is 4. The van der Waals surface area contributed by atoms with Gasteiger partial charge < -0.3 is 9.73 Å². The highest BCUT2D eigenvalue weighted by molar-refractivity contribution is 7.92. The van der Waals surface area contributed by atoms with E-state index in [1.165, 1.54) is 18.8 Å². The predicted octanol–water partition coefficient (Wildman–Crippen LogP) is 3.28. The average Bonchev–Trinajstić information content (AvgIpc) is 3.23. The van der Waals surface area contributed by atoms with Crippen LogP contribution in [0, 0.1) is 0 Å². The van der Waals surface area contributed by atoms with Crippen molar-refractivity contribution in [2.24, 2.45) is 4.36 Å². The third-order valence-electron chi connectivity index (χ3n) is 3.58. The highest BCUT2D eigenvalue weighted by Gasteiger charge is 2.31. The largest absolute Gasteiger partial charge is 0.468 e. The van der Waals surface area contributed by atoms with Crippen LogP contribution in [0.25, 0.3) is 0 Å². The minimum Gasteiger partial charge on any atom is -0.468 e. The summed E-state index contributed by atoms with van der Waals surface area (Å²) in [6.07, 6.45) is 6.43. The van der Waals surface area contributed by atoms with Gasteiger partial charge >= 0.3 is 0 Å². The molecule has 2 aromatic rings. The van der Waals surface area contributed by atoms with Gasteiger partial charge in [0.05, 0.1) is 11.8 Å². The molecule has 2 amide bonds. The highest BCUT2D eigenvalue weighted by Crippen LogP contribution is 2.42. The molecule has 1 aliphatic rings. The molecule has 0 atom stereocenters. The Balaban J connectivity index is 1.72. The second kappa shape index (κ2) is 6.24. The van der Waals surface area contributed by atoms with Crippen molar-refractivity contribution < 1.29 is 18.2 Å². The Kier molecular flexibility index (Phi) is 4.28. The Hall–Kier alpha value is -2.41. The Morgan fingerprint density at radius 1 is 1.17 bits per heavy atom. The quantitative estimate of drug-likeness (QED) is 0.920. The van der Waals surface area contributed by atoms with Gasteiger partial charge in [-0.05, 0) is 43.2 Å². The molecule has 3 rings (SSSR count). The van der Waals surface area contributed by atoms with Crippen LogP contribution < -0.4 is 5.32 Å². The molecule has 126 valence electrons. The lowest BCUT2D eigenvalue weighted by atomic mass is 10.1. The minimum atomic E-state index is -2.49. The number of carbonyl (C=O) groups excluding carboxylic acids is 2. The smallest absolute Gasteiger partial charge is 0.285 e. The molecule has 0 aliphatic heterocycles. The first-order valence-electron chi connectivity index (χ1n) is 7.54. The van der Waals surface area contributed by atoms with E-state index in [-0.39, 0.29) is 5.91 Å². The maximum atomic E-state index is 12.3. The molecule has 1 fully saturated rings. The first-order valence-corrected chi connectivity index (χ1v) is 9.87. The van der Waals surface area contributed by atoms with Crippen LogP contribution >= 0.6 is 0 Å². The summed E-state index contributed by atoms with van der Waals surface area (Å²) in [5.74, 6) is 0.312. The first kappa shape index (κ1) is 16.4. The molecule has 24 heavy (non-hydrogen) atoms. The monoisotopic (exact) mass is 346 g/mol. The SMILES string of the molecule is CS(C)(=O)=NC(=O)c1ccc(NC(=O)c2ccoc2C2CC2)cc1. The first-order chi connectivity index (χ1) is 11.3. The summed E-state index contributed by atoms with van der Waals surface area (Å²) in [7, 11) is -2.49. The maximum Gasteiger partial charge on any atom is 0.285 e. The number of carbonyl (C=O) groups is 2. The minimum absolute atomic E-state index is 0.237. The fraction of sp³-hybridized carbons (Fsp3) is 0.294. The zero-order valence-corrected chi connectivity index (χ0v) is 14.3. The molecule has 1 aromatic heterocycles. The lowest BCUT2D eigenvalue weighted by Crippen LogP contribution is -2.12. The van der Waals surface area contributed by atoms with Gasteiger partial charge in [-0.3, -0.25) is 9.59 Å². The van der Waals surface area contributed by atoms with E-state index in [2.05, 4.69) is 9.68 Å². The zero-order valence-electron chi connectivity index (χ0n) is 13.4. The van der Waals surface area contributed by atoms with E-state index in [4.69, 9.17) is 4.42 Å².